The molecule has 3 rings (SSSR count). The maximum atomic E-state index is 13.3. The van der Waals surface area contributed by atoms with Crippen LogP contribution in [0.25, 0.3) is 5.57 Å². The van der Waals surface area contributed by atoms with Crippen LogP contribution in [0.5, 0.6) is 5.75 Å². The van der Waals surface area contributed by atoms with Gasteiger partial charge in [-0.25, -0.2) is 0 Å². The van der Waals surface area contributed by atoms with Gasteiger partial charge in [0.2, 0.25) is 0 Å². The van der Waals surface area contributed by atoms with Crippen molar-refractivity contribution in [2.75, 3.05) is 29.9 Å². The van der Waals surface area contributed by atoms with Crippen molar-refractivity contribution >= 4 is 28.8 Å². The van der Waals surface area contributed by atoms with E-state index in [1.807, 2.05) is 76.2 Å². The van der Waals surface area contributed by atoms with E-state index in [0.717, 1.165) is 30.2 Å². The molecule has 0 aromatic heterocycles. The van der Waals surface area contributed by atoms with Crippen LogP contribution in [0, 0.1) is 5.92 Å². The Labute approximate surface area is 197 Å². The summed E-state index contributed by atoms with van der Waals surface area (Å²) in [5.74, 6) is 0.341. The van der Waals surface area contributed by atoms with Gasteiger partial charge in [0.05, 0.1) is 11.7 Å². The van der Waals surface area contributed by atoms with Crippen molar-refractivity contribution in [1.29, 1.82) is 0 Å². The maximum Gasteiger partial charge on any atom is 0.278 e. The number of nitrogens with zero attached hydrogens (tertiary/aromatic N) is 2. The third-order valence-electron chi connectivity index (χ3n) is 5.50. The molecule has 1 aliphatic heterocycles. The van der Waals surface area contributed by atoms with Crippen molar-refractivity contribution in [3.63, 3.8) is 0 Å². The van der Waals surface area contributed by atoms with E-state index in [4.69, 9.17) is 4.74 Å². The number of imide groups is 1. The van der Waals surface area contributed by atoms with E-state index in [-0.39, 0.29) is 23.8 Å². The third-order valence-corrected chi connectivity index (χ3v) is 5.50. The van der Waals surface area contributed by atoms with Crippen molar-refractivity contribution in [2.45, 2.75) is 47.6 Å². The number of carbonyl (C=O) groups excluding carboxylic acids is 2. The average molecular weight is 450 g/mol. The summed E-state index contributed by atoms with van der Waals surface area (Å²) in [5.41, 5.74) is 3.29. The first-order valence-electron chi connectivity index (χ1n) is 11.7. The highest BCUT2D eigenvalue weighted by atomic mass is 16.5. The molecule has 0 unspecified atom stereocenters. The fourth-order valence-electron chi connectivity index (χ4n) is 3.95. The number of hydrogen-bond acceptors (Lipinski definition) is 5. The molecule has 0 saturated heterocycles. The fraction of sp³-hybridized carbons (Fsp3) is 0.407. The zero-order valence-corrected chi connectivity index (χ0v) is 20.5. The minimum atomic E-state index is -0.293. The summed E-state index contributed by atoms with van der Waals surface area (Å²) >= 11 is 0. The molecule has 1 N–H and O–H groups in total. The fourth-order valence-corrected chi connectivity index (χ4v) is 3.95. The number of hydrogen-bond donors (Lipinski definition) is 1. The van der Waals surface area contributed by atoms with Gasteiger partial charge >= 0.3 is 0 Å². The summed E-state index contributed by atoms with van der Waals surface area (Å²) in [5, 5.41) is 3.24. The molecule has 0 bridgehead atoms. The lowest BCUT2D eigenvalue weighted by Gasteiger charge is -2.21. The second-order valence-corrected chi connectivity index (χ2v) is 8.90. The van der Waals surface area contributed by atoms with Gasteiger partial charge in [-0.3, -0.25) is 14.5 Å². The molecule has 1 heterocycles. The van der Waals surface area contributed by atoms with Crippen molar-refractivity contribution in [3.8, 4) is 5.75 Å². The number of amides is 2. The first-order valence-corrected chi connectivity index (χ1v) is 11.7. The van der Waals surface area contributed by atoms with E-state index in [1.165, 1.54) is 4.90 Å². The van der Waals surface area contributed by atoms with Gasteiger partial charge < -0.3 is 15.0 Å². The number of anilines is 2. The molecule has 2 aromatic rings. The zero-order chi connectivity index (χ0) is 24.1. The van der Waals surface area contributed by atoms with Gasteiger partial charge in [0.1, 0.15) is 11.4 Å². The van der Waals surface area contributed by atoms with Crippen LogP contribution in [0.1, 0.15) is 47.1 Å². The van der Waals surface area contributed by atoms with E-state index >= 15 is 0 Å². The number of ether oxygens (including phenoxy) is 1. The van der Waals surface area contributed by atoms with Gasteiger partial charge in [0.15, 0.2) is 0 Å². The summed E-state index contributed by atoms with van der Waals surface area (Å²) < 4.78 is 5.73. The predicted octanol–water partition coefficient (Wildman–Crippen LogP) is 5.17. The van der Waals surface area contributed by atoms with Gasteiger partial charge in [-0.1, -0.05) is 26.0 Å². The van der Waals surface area contributed by atoms with Crippen LogP contribution in [0.4, 0.5) is 11.4 Å². The molecule has 0 saturated carbocycles. The molecule has 0 radical (unpaired) electrons. The molecule has 0 fully saturated rings. The van der Waals surface area contributed by atoms with E-state index in [1.54, 1.807) is 0 Å². The SMILES string of the molecule is CCN(CC)c1ccc(NC2=C(c3ccc(OC(C)C)cc3)C(=O)N(CC(C)C)C2=O)cc1. The van der Waals surface area contributed by atoms with Crippen molar-refractivity contribution in [2.24, 2.45) is 5.92 Å². The highest BCUT2D eigenvalue weighted by molar-refractivity contribution is 6.36. The molecule has 2 aromatic carbocycles. The standard InChI is InChI=1S/C27H35N3O3/c1-7-29(8-2)22-13-11-21(12-14-22)28-25-24(26(31)30(27(25)32)17-18(3)4)20-9-15-23(16-10-20)33-19(5)6/h9-16,18-19,28H,7-8,17H2,1-6H3. The Bertz CT molecular complexity index is 1000. The summed E-state index contributed by atoms with van der Waals surface area (Å²) in [6.07, 6.45) is 0.0582. The van der Waals surface area contributed by atoms with Gasteiger partial charge in [-0.05, 0) is 75.6 Å². The number of rotatable bonds is 10. The summed E-state index contributed by atoms with van der Waals surface area (Å²) in [6, 6.07) is 15.3. The topological polar surface area (TPSA) is 61.9 Å². The number of carbonyl (C=O) groups is 2. The molecule has 0 aliphatic carbocycles. The van der Waals surface area contributed by atoms with Gasteiger partial charge in [0.25, 0.3) is 11.8 Å². The zero-order valence-electron chi connectivity index (χ0n) is 20.5. The minimum absolute atomic E-state index is 0.0582. The quantitative estimate of drug-likeness (QED) is 0.507. The smallest absolute Gasteiger partial charge is 0.278 e. The lowest BCUT2D eigenvalue weighted by atomic mass is 10.0. The van der Waals surface area contributed by atoms with E-state index < -0.39 is 0 Å². The first-order chi connectivity index (χ1) is 15.7. The van der Waals surface area contributed by atoms with E-state index in [2.05, 4.69) is 24.1 Å². The Morgan fingerprint density at radius 2 is 1.48 bits per heavy atom. The van der Waals surface area contributed by atoms with E-state index in [0.29, 0.717) is 23.4 Å². The molecule has 0 spiro atoms. The molecule has 1 aliphatic rings. The van der Waals surface area contributed by atoms with Gasteiger partial charge in [-0.2, -0.15) is 0 Å². The molecular weight excluding hydrogens is 414 g/mol. The number of nitrogens with one attached hydrogen (secondary N) is 1. The monoisotopic (exact) mass is 449 g/mol. The van der Waals surface area contributed by atoms with Gasteiger partial charge in [-0.15, -0.1) is 0 Å². The summed E-state index contributed by atoms with van der Waals surface area (Å²) in [7, 11) is 0. The lowest BCUT2D eigenvalue weighted by molar-refractivity contribution is -0.137. The highest BCUT2D eigenvalue weighted by Crippen LogP contribution is 2.32. The number of benzene rings is 2. The molecule has 176 valence electrons. The van der Waals surface area contributed by atoms with Crippen molar-refractivity contribution < 1.29 is 14.3 Å². The molecule has 6 heteroatoms. The Kier molecular flexibility index (Phi) is 7.79. The molecular formula is C27H35N3O3. The van der Waals surface area contributed by atoms with Crippen LogP contribution in [-0.2, 0) is 9.59 Å². The maximum absolute atomic E-state index is 13.3. The normalized spacial score (nSPS) is 14.0. The highest BCUT2D eigenvalue weighted by Gasteiger charge is 2.39. The van der Waals surface area contributed by atoms with E-state index in [9.17, 15) is 9.59 Å². The second kappa shape index (κ2) is 10.6. The summed E-state index contributed by atoms with van der Waals surface area (Å²) in [4.78, 5) is 30.2. The molecule has 33 heavy (non-hydrogen) atoms. The van der Waals surface area contributed by atoms with Crippen LogP contribution >= 0.6 is 0 Å². The Hall–Kier alpha value is -3.28. The molecule has 6 nitrogen and oxygen atoms in total. The van der Waals surface area contributed by atoms with Crippen molar-refractivity contribution in [3.05, 3.63) is 59.8 Å². The summed E-state index contributed by atoms with van der Waals surface area (Å²) in [6.45, 7) is 14.4. The Morgan fingerprint density at radius 3 is 2.00 bits per heavy atom. The average Bonchev–Trinajstić information content (AvgIpc) is 3.00. The van der Waals surface area contributed by atoms with Crippen molar-refractivity contribution in [1.82, 2.24) is 4.90 Å². The predicted molar refractivity (Wildman–Crippen MR) is 134 cm³/mol. The lowest BCUT2D eigenvalue weighted by Crippen LogP contribution is -2.35. The van der Waals surface area contributed by atoms with Crippen LogP contribution in [-0.4, -0.2) is 42.5 Å². The molecule has 0 atom stereocenters. The van der Waals surface area contributed by atoms with Crippen LogP contribution in [0.15, 0.2) is 54.2 Å². The Balaban J connectivity index is 1.96. The largest absolute Gasteiger partial charge is 0.491 e. The molecule has 2 amide bonds. The van der Waals surface area contributed by atoms with Crippen LogP contribution in [0.3, 0.4) is 0 Å². The minimum Gasteiger partial charge on any atom is -0.491 e. The second-order valence-electron chi connectivity index (χ2n) is 8.90. The third kappa shape index (κ3) is 5.56. The Morgan fingerprint density at radius 1 is 0.879 bits per heavy atom. The van der Waals surface area contributed by atoms with Gasteiger partial charge in [0, 0.05) is 31.0 Å². The van der Waals surface area contributed by atoms with Crippen LogP contribution in [0.2, 0.25) is 0 Å². The van der Waals surface area contributed by atoms with Crippen LogP contribution < -0.4 is 15.0 Å². The first kappa shape index (κ1) is 24.4.